The monoisotopic (exact) mass is 322 g/mol. The molecular formula is C16H26N4O3. The number of hydrogen-bond acceptors (Lipinski definition) is 4. The van der Waals surface area contributed by atoms with Gasteiger partial charge in [-0.3, -0.25) is 19.1 Å². The fraction of sp³-hybridized carbons (Fsp3) is 0.562. The molecule has 0 fully saturated rings. The summed E-state index contributed by atoms with van der Waals surface area (Å²) in [4.78, 5) is 40.2. The summed E-state index contributed by atoms with van der Waals surface area (Å²) in [7, 11) is 0. The first kappa shape index (κ1) is 18.7. The number of aromatic nitrogens is 2. The molecule has 1 aromatic heterocycles. The van der Waals surface area contributed by atoms with Gasteiger partial charge in [0.2, 0.25) is 0 Å². The molecule has 1 aromatic rings. The smallest absolute Gasteiger partial charge is 0.330 e. The number of carbonyl (C=O) groups excluding carboxylic acids is 1. The molecule has 0 radical (unpaired) electrons. The van der Waals surface area contributed by atoms with Gasteiger partial charge in [0.05, 0.1) is 0 Å². The van der Waals surface area contributed by atoms with Crippen LogP contribution in [0.4, 0.5) is 11.5 Å². The normalized spacial score (nSPS) is 10.4. The Morgan fingerprint density at radius 2 is 1.91 bits per heavy atom. The van der Waals surface area contributed by atoms with Crippen LogP contribution in [-0.2, 0) is 11.3 Å². The number of rotatable bonds is 7. The van der Waals surface area contributed by atoms with E-state index >= 15 is 0 Å². The minimum Gasteiger partial charge on any atom is -0.383 e. The first-order valence-electron chi connectivity index (χ1n) is 7.92. The molecular weight excluding hydrogens is 296 g/mol. The van der Waals surface area contributed by atoms with Crippen LogP contribution >= 0.6 is 0 Å². The zero-order valence-corrected chi connectivity index (χ0v) is 14.3. The number of unbranched alkanes of at least 4 members (excludes halogenated alkanes) is 1. The third-order valence-corrected chi connectivity index (χ3v) is 3.34. The number of nitrogens with two attached hydrogens (primary N) is 1. The van der Waals surface area contributed by atoms with E-state index in [1.54, 1.807) is 0 Å². The highest BCUT2D eigenvalue weighted by Crippen LogP contribution is 2.18. The summed E-state index contributed by atoms with van der Waals surface area (Å²) >= 11 is 0. The summed E-state index contributed by atoms with van der Waals surface area (Å²) in [5, 5.41) is 0. The minimum atomic E-state index is -0.633. The van der Waals surface area contributed by atoms with Gasteiger partial charge in [-0.1, -0.05) is 25.8 Å². The molecule has 1 rings (SSSR count). The molecule has 7 nitrogen and oxygen atoms in total. The summed E-state index contributed by atoms with van der Waals surface area (Å²) in [5.74, 6) is -0.274. The molecule has 23 heavy (non-hydrogen) atoms. The summed E-state index contributed by atoms with van der Waals surface area (Å²) in [6, 6.07) is 0. The lowest BCUT2D eigenvalue weighted by atomic mass is 10.2. The van der Waals surface area contributed by atoms with Gasteiger partial charge in [0.25, 0.3) is 11.5 Å². The highest BCUT2D eigenvalue weighted by atomic mass is 16.2. The summed E-state index contributed by atoms with van der Waals surface area (Å²) in [6.07, 6.45) is 3.75. The Kier molecular flexibility index (Phi) is 6.81. The topological polar surface area (TPSA) is 101 Å². The number of H-pyrrole nitrogens is 1. The van der Waals surface area contributed by atoms with Gasteiger partial charge in [0.15, 0.2) is 5.69 Å². The maximum atomic E-state index is 12.5. The van der Waals surface area contributed by atoms with E-state index in [4.69, 9.17) is 5.73 Å². The third-order valence-electron chi connectivity index (χ3n) is 3.34. The zero-order chi connectivity index (χ0) is 17.6. The average molecular weight is 322 g/mol. The predicted molar refractivity (Wildman–Crippen MR) is 92.7 cm³/mol. The molecule has 7 heteroatoms. The number of nitrogens with one attached hydrogen (secondary N) is 1. The molecule has 0 unspecified atom stereocenters. The van der Waals surface area contributed by atoms with Gasteiger partial charge in [0.1, 0.15) is 5.82 Å². The van der Waals surface area contributed by atoms with Gasteiger partial charge in [-0.25, -0.2) is 4.79 Å². The van der Waals surface area contributed by atoms with Crippen molar-refractivity contribution in [3.63, 3.8) is 0 Å². The summed E-state index contributed by atoms with van der Waals surface area (Å²) in [6.45, 7) is 8.27. The van der Waals surface area contributed by atoms with E-state index < -0.39 is 11.2 Å². The van der Waals surface area contributed by atoms with E-state index in [2.05, 4.69) is 4.98 Å². The molecule has 1 amide bonds. The van der Waals surface area contributed by atoms with Crippen LogP contribution in [0.3, 0.4) is 0 Å². The Hall–Kier alpha value is -2.31. The number of anilines is 2. The fourth-order valence-electron chi connectivity index (χ4n) is 2.26. The molecule has 128 valence electrons. The number of amides is 1. The van der Waals surface area contributed by atoms with Crippen LogP contribution < -0.4 is 21.9 Å². The Bertz CT molecular complexity index is 696. The number of aromatic amines is 1. The van der Waals surface area contributed by atoms with Gasteiger partial charge >= 0.3 is 5.69 Å². The lowest BCUT2D eigenvalue weighted by Gasteiger charge is -2.23. The number of carbonyl (C=O) groups is 1. The van der Waals surface area contributed by atoms with Crippen molar-refractivity contribution < 1.29 is 4.79 Å². The van der Waals surface area contributed by atoms with Crippen molar-refractivity contribution in [2.45, 2.75) is 53.5 Å². The van der Waals surface area contributed by atoms with Crippen LogP contribution in [0.15, 0.2) is 21.2 Å². The maximum absolute atomic E-state index is 12.5. The van der Waals surface area contributed by atoms with E-state index in [-0.39, 0.29) is 17.4 Å². The number of allylic oxidation sites excluding steroid dienone is 1. The van der Waals surface area contributed by atoms with E-state index in [1.807, 2.05) is 27.7 Å². The standard InChI is InChI=1S/C16H26N4O3/c1-5-7-9-19(12(21)10-11(3)4)13-14(17)20(8-6-2)16(23)18-15(13)22/h10H,5-9,17H2,1-4H3,(H,18,22,23). The van der Waals surface area contributed by atoms with Crippen molar-refractivity contribution in [1.29, 1.82) is 0 Å². The summed E-state index contributed by atoms with van der Waals surface area (Å²) in [5.41, 5.74) is 5.73. The van der Waals surface area contributed by atoms with Gasteiger partial charge in [-0.15, -0.1) is 0 Å². The lowest BCUT2D eigenvalue weighted by Crippen LogP contribution is -2.41. The van der Waals surface area contributed by atoms with Crippen molar-refractivity contribution >= 4 is 17.4 Å². The third kappa shape index (κ3) is 4.58. The Balaban J connectivity index is 3.49. The van der Waals surface area contributed by atoms with E-state index in [1.165, 1.54) is 15.5 Å². The van der Waals surface area contributed by atoms with Crippen LogP contribution in [0.5, 0.6) is 0 Å². The number of nitrogens with zero attached hydrogens (tertiary/aromatic N) is 2. The molecule has 0 spiro atoms. The van der Waals surface area contributed by atoms with Crippen LogP contribution in [0.1, 0.15) is 47.0 Å². The zero-order valence-electron chi connectivity index (χ0n) is 14.3. The van der Waals surface area contributed by atoms with Crippen LogP contribution in [0.2, 0.25) is 0 Å². The fourth-order valence-corrected chi connectivity index (χ4v) is 2.26. The first-order chi connectivity index (χ1) is 10.8. The van der Waals surface area contributed by atoms with Gasteiger partial charge < -0.3 is 10.6 Å². The predicted octanol–water partition coefficient (Wildman–Crippen LogP) is 1.63. The van der Waals surface area contributed by atoms with Gasteiger partial charge in [-0.2, -0.15) is 0 Å². The average Bonchev–Trinajstić information content (AvgIpc) is 2.45. The second-order valence-corrected chi connectivity index (χ2v) is 5.71. The maximum Gasteiger partial charge on any atom is 0.330 e. The van der Waals surface area contributed by atoms with Crippen LogP contribution in [-0.4, -0.2) is 22.0 Å². The Morgan fingerprint density at radius 1 is 1.26 bits per heavy atom. The molecule has 0 aromatic carbocycles. The van der Waals surface area contributed by atoms with Crippen molar-refractivity contribution in [2.75, 3.05) is 17.2 Å². The van der Waals surface area contributed by atoms with Gasteiger partial charge in [0, 0.05) is 19.2 Å². The molecule has 0 atom stereocenters. The lowest BCUT2D eigenvalue weighted by molar-refractivity contribution is -0.114. The molecule has 0 aliphatic carbocycles. The molecule has 0 saturated carbocycles. The second kappa shape index (κ2) is 8.36. The Labute approximate surface area is 135 Å². The quantitative estimate of drug-likeness (QED) is 0.745. The first-order valence-corrected chi connectivity index (χ1v) is 7.92. The van der Waals surface area contributed by atoms with Gasteiger partial charge in [-0.05, 0) is 26.7 Å². The highest BCUT2D eigenvalue weighted by Gasteiger charge is 2.22. The van der Waals surface area contributed by atoms with E-state index in [0.717, 1.165) is 18.4 Å². The molecule has 0 bridgehead atoms. The highest BCUT2D eigenvalue weighted by molar-refractivity contribution is 6.03. The second-order valence-electron chi connectivity index (χ2n) is 5.71. The van der Waals surface area contributed by atoms with Crippen molar-refractivity contribution in [1.82, 2.24) is 9.55 Å². The molecule has 1 heterocycles. The Morgan fingerprint density at radius 3 is 2.43 bits per heavy atom. The van der Waals surface area contributed by atoms with Crippen molar-refractivity contribution in [3.05, 3.63) is 32.5 Å². The van der Waals surface area contributed by atoms with Crippen LogP contribution in [0, 0.1) is 0 Å². The number of nitrogen functional groups attached to an aromatic ring is 1. The molecule has 0 aliphatic heterocycles. The SMILES string of the molecule is CCCCN(C(=O)C=C(C)C)c1c(N)n(CCC)c(=O)[nH]c1=O. The summed E-state index contributed by atoms with van der Waals surface area (Å²) < 4.78 is 1.30. The number of hydrogen-bond donors (Lipinski definition) is 2. The van der Waals surface area contributed by atoms with E-state index in [0.29, 0.717) is 19.5 Å². The van der Waals surface area contributed by atoms with Crippen LogP contribution in [0.25, 0.3) is 0 Å². The molecule has 0 aliphatic rings. The van der Waals surface area contributed by atoms with Crippen molar-refractivity contribution in [3.8, 4) is 0 Å². The van der Waals surface area contributed by atoms with Crippen molar-refractivity contribution in [2.24, 2.45) is 0 Å². The molecule has 3 N–H and O–H groups in total. The minimum absolute atomic E-state index is 0.0345. The van der Waals surface area contributed by atoms with E-state index in [9.17, 15) is 14.4 Å². The largest absolute Gasteiger partial charge is 0.383 e. The molecule has 0 saturated heterocycles.